The Kier molecular flexibility index (Phi) is 5.57. The van der Waals surface area contributed by atoms with E-state index >= 15 is 0 Å². The second-order valence-electron chi connectivity index (χ2n) is 7.62. The number of amides is 1. The summed E-state index contributed by atoms with van der Waals surface area (Å²) in [6, 6.07) is 11.7. The number of benzene rings is 1. The number of halogens is 1. The minimum absolute atomic E-state index is 0.212. The van der Waals surface area contributed by atoms with Crippen LogP contribution in [0, 0.1) is 19.7 Å². The number of rotatable bonds is 5. The van der Waals surface area contributed by atoms with Crippen LogP contribution in [0.15, 0.2) is 70.0 Å². The van der Waals surface area contributed by atoms with Crippen LogP contribution in [0.1, 0.15) is 29.6 Å². The van der Waals surface area contributed by atoms with Gasteiger partial charge in [0.25, 0.3) is 5.91 Å². The minimum atomic E-state index is -0.573. The fourth-order valence-corrected chi connectivity index (χ4v) is 4.05. The average Bonchev–Trinajstić information content (AvgIpc) is 3.44. The Morgan fingerprint density at radius 2 is 1.88 bits per heavy atom. The van der Waals surface area contributed by atoms with Crippen molar-refractivity contribution in [3.05, 3.63) is 94.1 Å². The van der Waals surface area contributed by atoms with Gasteiger partial charge in [0.05, 0.1) is 31.1 Å². The number of aromatic nitrogens is 1. The van der Waals surface area contributed by atoms with Crippen LogP contribution >= 0.6 is 0 Å². The summed E-state index contributed by atoms with van der Waals surface area (Å²) in [5.74, 6) is -0.574. The van der Waals surface area contributed by atoms with Gasteiger partial charge >= 0.3 is 5.97 Å². The highest BCUT2D eigenvalue weighted by molar-refractivity contribution is 6.16. The van der Waals surface area contributed by atoms with E-state index in [-0.39, 0.29) is 29.4 Å². The van der Waals surface area contributed by atoms with Crippen LogP contribution in [-0.4, -0.2) is 28.5 Å². The first-order chi connectivity index (χ1) is 15.3. The summed E-state index contributed by atoms with van der Waals surface area (Å²) in [7, 11) is 1.29. The van der Waals surface area contributed by atoms with Crippen molar-refractivity contribution in [1.29, 1.82) is 0 Å². The summed E-state index contributed by atoms with van der Waals surface area (Å²) in [5.41, 5.74) is 4.38. The Labute approximate surface area is 185 Å². The Hall–Kier alpha value is -3.87. The number of allylic oxidation sites excluding steroid dienone is 1. The first kappa shape index (κ1) is 21.4. The van der Waals surface area contributed by atoms with Gasteiger partial charge in [-0.1, -0.05) is 0 Å². The number of esters is 1. The number of hydrogen-bond donors (Lipinski definition) is 0. The maximum Gasteiger partial charge on any atom is 0.340 e. The van der Waals surface area contributed by atoms with E-state index in [9.17, 15) is 14.0 Å². The molecule has 3 heterocycles. The van der Waals surface area contributed by atoms with Gasteiger partial charge in [0, 0.05) is 22.8 Å². The van der Waals surface area contributed by atoms with Crippen LogP contribution in [0.4, 0.5) is 4.39 Å². The Balaban J connectivity index is 1.78. The summed E-state index contributed by atoms with van der Waals surface area (Å²) in [6.07, 6.45) is 3.25. The van der Waals surface area contributed by atoms with Crippen LogP contribution in [0.5, 0.6) is 0 Å². The fourth-order valence-electron chi connectivity index (χ4n) is 4.05. The summed E-state index contributed by atoms with van der Waals surface area (Å²) in [4.78, 5) is 27.4. The quantitative estimate of drug-likeness (QED) is 0.431. The topological polar surface area (TPSA) is 64.7 Å². The SMILES string of the molecule is COC(=O)C1=C(C)N(Cc2ccco2)C(=O)/C1=C\c1cc(C)n(-c2ccc(F)cc2)c1C. The lowest BCUT2D eigenvalue weighted by molar-refractivity contribution is -0.136. The molecule has 1 amide bonds. The molecule has 32 heavy (non-hydrogen) atoms. The van der Waals surface area contributed by atoms with E-state index in [2.05, 4.69) is 0 Å². The predicted molar refractivity (Wildman–Crippen MR) is 117 cm³/mol. The standard InChI is InChI=1S/C25H23FN2O4/c1-15-12-18(16(2)28(15)20-9-7-19(26)8-10-20)13-22-23(25(30)31-4)17(3)27(24(22)29)14-21-6-5-11-32-21/h5-13H,14H2,1-4H3/b22-13-. The lowest BCUT2D eigenvalue weighted by Crippen LogP contribution is -2.24. The Morgan fingerprint density at radius 1 is 1.16 bits per heavy atom. The predicted octanol–water partition coefficient (Wildman–Crippen LogP) is 4.70. The van der Waals surface area contributed by atoms with Crippen molar-refractivity contribution in [1.82, 2.24) is 9.47 Å². The number of furan rings is 1. The van der Waals surface area contributed by atoms with Crippen molar-refractivity contribution < 1.29 is 23.1 Å². The highest BCUT2D eigenvalue weighted by Crippen LogP contribution is 2.34. The fraction of sp³-hybridized carbons (Fsp3) is 0.200. The second-order valence-corrected chi connectivity index (χ2v) is 7.62. The normalized spacial score (nSPS) is 15.2. The number of ether oxygens (including phenoxy) is 1. The molecule has 3 aromatic rings. The maximum atomic E-state index is 13.4. The molecule has 4 rings (SSSR count). The van der Waals surface area contributed by atoms with Gasteiger partial charge in [-0.15, -0.1) is 0 Å². The summed E-state index contributed by atoms with van der Waals surface area (Å²) >= 11 is 0. The third kappa shape index (κ3) is 3.66. The van der Waals surface area contributed by atoms with Gasteiger partial charge in [0.2, 0.25) is 0 Å². The van der Waals surface area contributed by atoms with Crippen molar-refractivity contribution in [2.24, 2.45) is 0 Å². The molecule has 6 nitrogen and oxygen atoms in total. The van der Waals surface area contributed by atoms with Crippen molar-refractivity contribution in [2.75, 3.05) is 7.11 Å². The molecule has 1 aliphatic rings. The van der Waals surface area contributed by atoms with Crippen LogP contribution in [0.2, 0.25) is 0 Å². The summed E-state index contributed by atoms with van der Waals surface area (Å²) in [6.45, 7) is 5.78. The lowest BCUT2D eigenvalue weighted by Gasteiger charge is -2.16. The highest BCUT2D eigenvalue weighted by atomic mass is 19.1. The molecule has 0 N–H and O–H groups in total. The molecule has 0 unspecified atom stereocenters. The van der Waals surface area contributed by atoms with E-state index < -0.39 is 5.97 Å². The Morgan fingerprint density at radius 3 is 2.50 bits per heavy atom. The van der Waals surface area contributed by atoms with Gasteiger partial charge in [-0.05, 0) is 74.9 Å². The largest absolute Gasteiger partial charge is 0.467 e. The van der Waals surface area contributed by atoms with E-state index in [4.69, 9.17) is 9.15 Å². The van der Waals surface area contributed by atoms with Crippen LogP contribution in [-0.2, 0) is 20.9 Å². The lowest BCUT2D eigenvalue weighted by atomic mass is 10.0. The number of carbonyl (C=O) groups is 2. The first-order valence-corrected chi connectivity index (χ1v) is 10.1. The van der Waals surface area contributed by atoms with Crippen molar-refractivity contribution in [3.63, 3.8) is 0 Å². The smallest absolute Gasteiger partial charge is 0.340 e. The van der Waals surface area contributed by atoms with Gasteiger partial charge in [-0.2, -0.15) is 0 Å². The van der Waals surface area contributed by atoms with Crippen molar-refractivity contribution in [2.45, 2.75) is 27.3 Å². The Bertz CT molecular complexity index is 1250. The van der Waals surface area contributed by atoms with E-state index in [1.807, 2.05) is 24.5 Å². The van der Waals surface area contributed by atoms with Crippen LogP contribution in [0.25, 0.3) is 11.8 Å². The molecule has 0 saturated heterocycles. The first-order valence-electron chi connectivity index (χ1n) is 10.1. The summed E-state index contributed by atoms with van der Waals surface area (Å²) in [5, 5.41) is 0. The molecule has 0 aliphatic carbocycles. The molecule has 1 aromatic carbocycles. The molecule has 164 valence electrons. The van der Waals surface area contributed by atoms with Gasteiger partial charge < -0.3 is 18.6 Å². The molecule has 0 bridgehead atoms. The van der Waals surface area contributed by atoms with Gasteiger partial charge in [0.1, 0.15) is 11.6 Å². The molecule has 0 fully saturated rings. The highest BCUT2D eigenvalue weighted by Gasteiger charge is 2.37. The van der Waals surface area contributed by atoms with E-state index in [0.29, 0.717) is 11.5 Å². The van der Waals surface area contributed by atoms with Crippen LogP contribution in [0.3, 0.4) is 0 Å². The van der Waals surface area contributed by atoms with Gasteiger partial charge in [-0.25, -0.2) is 9.18 Å². The number of aryl methyl sites for hydroxylation is 1. The molecule has 0 saturated carbocycles. The molecule has 1 aliphatic heterocycles. The number of nitrogens with zero attached hydrogens (tertiary/aromatic N) is 2. The third-order valence-electron chi connectivity index (χ3n) is 5.65. The third-order valence-corrected chi connectivity index (χ3v) is 5.65. The van der Waals surface area contributed by atoms with Gasteiger partial charge in [-0.3, -0.25) is 4.79 Å². The average molecular weight is 434 g/mol. The zero-order valence-electron chi connectivity index (χ0n) is 18.3. The van der Waals surface area contributed by atoms with E-state index in [0.717, 1.165) is 22.6 Å². The molecule has 0 spiro atoms. The monoisotopic (exact) mass is 434 g/mol. The molecule has 0 atom stereocenters. The zero-order chi connectivity index (χ0) is 23.0. The van der Waals surface area contributed by atoms with E-state index in [1.54, 1.807) is 37.3 Å². The molecule has 7 heteroatoms. The van der Waals surface area contributed by atoms with Crippen LogP contribution < -0.4 is 0 Å². The van der Waals surface area contributed by atoms with E-state index in [1.165, 1.54) is 30.4 Å². The second kappa shape index (κ2) is 8.34. The van der Waals surface area contributed by atoms with Gasteiger partial charge in [0.15, 0.2) is 0 Å². The molecule has 0 radical (unpaired) electrons. The zero-order valence-corrected chi connectivity index (χ0v) is 18.3. The maximum absolute atomic E-state index is 13.4. The number of hydrogen-bond acceptors (Lipinski definition) is 4. The molecular formula is C25H23FN2O4. The summed E-state index contributed by atoms with van der Waals surface area (Å²) < 4.78 is 25.7. The van der Waals surface area contributed by atoms with Crippen molar-refractivity contribution >= 4 is 18.0 Å². The number of methoxy groups -OCH3 is 1. The van der Waals surface area contributed by atoms with Crippen molar-refractivity contribution in [3.8, 4) is 5.69 Å². The molecule has 2 aromatic heterocycles. The number of carbonyl (C=O) groups excluding carboxylic acids is 2. The molecular weight excluding hydrogens is 411 g/mol. The minimum Gasteiger partial charge on any atom is -0.467 e.